The van der Waals surface area contributed by atoms with Crippen LogP contribution in [0.3, 0.4) is 0 Å². The molecule has 1 amide bonds. The van der Waals surface area contributed by atoms with E-state index in [1.54, 1.807) is 23.1 Å². The second-order valence-corrected chi connectivity index (χ2v) is 8.91. The minimum Gasteiger partial charge on any atom is -0.378 e. The lowest BCUT2D eigenvalue weighted by Gasteiger charge is -2.26. The largest absolute Gasteiger partial charge is 0.378 e. The highest BCUT2D eigenvalue weighted by atomic mass is 32.2. The van der Waals surface area contributed by atoms with Crippen molar-refractivity contribution < 1.29 is 17.9 Å². The second-order valence-electron chi connectivity index (χ2n) is 7.23. The number of sulfonamides is 1. The van der Waals surface area contributed by atoms with Gasteiger partial charge in [0.15, 0.2) is 0 Å². The van der Waals surface area contributed by atoms with Crippen LogP contribution in [-0.2, 0) is 14.8 Å². The van der Waals surface area contributed by atoms with Crippen LogP contribution in [0.25, 0.3) is 0 Å². The third kappa shape index (κ3) is 5.35. The molecule has 6 nitrogen and oxygen atoms in total. The summed E-state index contributed by atoms with van der Waals surface area (Å²) in [5.41, 5.74) is 2.44. The maximum Gasteiger partial charge on any atom is 0.261 e. The number of hydrogen-bond donors (Lipinski definition) is 1. The van der Waals surface area contributed by atoms with Gasteiger partial charge in [0, 0.05) is 29.8 Å². The first-order valence-corrected chi connectivity index (χ1v) is 11.7. The molecule has 0 atom stereocenters. The van der Waals surface area contributed by atoms with Crippen LogP contribution in [0.15, 0.2) is 83.8 Å². The van der Waals surface area contributed by atoms with Crippen molar-refractivity contribution in [1.29, 1.82) is 0 Å². The van der Waals surface area contributed by atoms with Crippen molar-refractivity contribution in [2.24, 2.45) is 0 Å². The third-order valence-corrected chi connectivity index (χ3v) is 6.35. The lowest BCUT2D eigenvalue weighted by atomic mass is 10.2. The summed E-state index contributed by atoms with van der Waals surface area (Å²) in [6.07, 6.45) is 0. The summed E-state index contributed by atoms with van der Waals surface area (Å²) in [5, 5.41) is 0. The molecule has 3 aromatic rings. The van der Waals surface area contributed by atoms with E-state index in [4.69, 9.17) is 4.74 Å². The van der Waals surface area contributed by atoms with Gasteiger partial charge in [-0.15, -0.1) is 0 Å². The van der Waals surface area contributed by atoms with Crippen LogP contribution in [-0.4, -0.2) is 45.5 Å². The molecular formula is C25H22N2O4S. The number of rotatable bonds is 4. The molecule has 7 heteroatoms. The molecular weight excluding hydrogens is 424 g/mol. The molecule has 1 N–H and O–H groups in total. The van der Waals surface area contributed by atoms with Gasteiger partial charge < -0.3 is 9.64 Å². The summed E-state index contributed by atoms with van der Waals surface area (Å²) in [5.74, 6) is 5.97. The normalized spacial score (nSPS) is 13.7. The van der Waals surface area contributed by atoms with Crippen LogP contribution in [0, 0.1) is 11.8 Å². The smallest absolute Gasteiger partial charge is 0.261 e. The first kappa shape index (κ1) is 21.6. The van der Waals surface area contributed by atoms with Gasteiger partial charge in [0.05, 0.1) is 23.8 Å². The lowest BCUT2D eigenvalue weighted by Crippen LogP contribution is -2.40. The molecule has 32 heavy (non-hydrogen) atoms. The first-order chi connectivity index (χ1) is 15.5. The zero-order valence-electron chi connectivity index (χ0n) is 17.3. The Morgan fingerprint density at radius 2 is 1.50 bits per heavy atom. The molecule has 0 unspecified atom stereocenters. The predicted octanol–water partition coefficient (Wildman–Crippen LogP) is 3.36. The minimum absolute atomic E-state index is 0.0804. The van der Waals surface area contributed by atoms with Gasteiger partial charge in [0.1, 0.15) is 0 Å². The number of benzene rings is 3. The Hall–Kier alpha value is -3.60. The fraction of sp³-hybridized carbons (Fsp3) is 0.160. The van der Waals surface area contributed by atoms with Crippen molar-refractivity contribution in [1.82, 2.24) is 4.90 Å². The lowest BCUT2D eigenvalue weighted by molar-refractivity contribution is 0.0303. The quantitative estimate of drug-likeness (QED) is 0.624. The Labute approximate surface area is 187 Å². The average molecular weight is 447 g/mol. The molecule has 0 bridgehead atoms. The standard InChI is InChI=1S/C25H22N2O4S/c28-25(27-15-17-31-18-16-27)22-11-13-24(14-12-22)32(29,30)26-23-8-4-7-21(19-23)10-9-20-5-2-1-3-6-20/h1-8,11-14,19,26H,15-18H2. The van der Waals surface area contributed by atoms with E-state index < -0.39 is 10.0 Å². The van der Waals surface area contributed by atoms with Crippen LogP contribution < -0.4 is 4.72 Å². The van der Waals surface area contributed by atoms with Crippen molar-refractivity contribution in [3.05, 3.63) is 95.6 Å². The van der Waals surface area contributed by atoms with Gasteiger partial charge in [0.2, 0.25) is 0 Å². The summed E-state index contributed by atoms with van der Waals surface area (Å²) in [4.78, 5) is 14.3. The molecule has 1 fully saturated rings. The van der Waals surface area contributed by atoms with E-state index in [0.717, 1.165) is 5.56 Å². The van der Waals surface area contributed by atoms with Gasteiger partial charge >= 0.3 is 0 Å². The fourth-order valence-electron chi connectivity index (χ4n) is 3.27. The van der Waals surface area contributed by atoms with Gasteiger partial charge in [0.25, 0.3) is 15.9 Å². The van der Waals surface area contributed by atoms with Crippen LogP contribution in [0.1, 0.15) is 21.5 Å². The zero-order valence-corrected chi connectivity index (χ0v) is 18.1. The van der Waals surface area contributed by atoms with Crippen molar-refractivity contribution in [3.8, 4) is 11.8 Å². The van der Waals surface area contributed by atoms with Gasteiger partial charge in [-0.2, -0.15) is 0 Å². The maximum absolute atomic E-state index is 12.8. The summed E-state index contributed by atoms with van der Waals surface area (Å²) in [7, 11) is -3.81. The molecule has 1 aliphatic heterocycles. The molecule has 0 radical (unpaired) electrons. The van der Waals surface area contributed by atoms with Gasteiger partial charge in [-0.25, -0.2) is 8.42 Å². The third-order valence-electron chi connectivity index (χ3n) is 4.95. The van der Waals surface area contributed by atoms with E-state index >= 15 is 0 Å². The number of nitrogens with one attached hydrogen (secondary N) is 1. The van der Waals surface area contributed by atoms with Crippen LogP contribution in [0.2, 0.25) is 0 Å². The highest BCUT2D eigenvalue weighted by molar-refractivity contribution is 7.92. The summed E-state index contributed by atoms with van der Waals surface area (Å²) in [6, 6.07) is 22.4. The average Bonchev–Trinajstić information content (AvgIpc) is 2.83. The molecule has 4 rings (SSSR count). The summed E-state index contributed by atoms with van der Waals surface area (Å²) < 4.78 is 33.5. The van der Waals surface area contributed by atoms with Gasteiger partial charge in [-0.05, 0) is 54.6 Å². The predicted molar refractivity (Wildman–Crippen MR) is 123 cm³/mol. The van der Waals surface area contributed by atoms with Gasteiger partial charge in [-0.3, -0.25) is 9.52 Å². The van der Waals surface area contributed by atoms with Crippen molar-refractivity contribution >= 4 is 21.6 Å². The minimum atomic E-state index is -3.81. The van der Waals surface area contributed by atoms with Gasteiger partial charge in [-0.1, -0.05) is 36.1 Å². The number of ether oxygens (including phenoxy) is 1. The Bertz CT molecular complexity index is 1250. The molecule has 1 saturated heterocycles. The molecule has 0 saturated carbocycles. The molecule has 0 aromatic heterocycles. The molecule has 1 heterocycles. The zero-order chi connectivity index (χ0) is 22.4. The molecule has 1 aliphatic rings. The van der Waals surface area contributed by atoms with Crippen molar-refractivity contribution in [2.45, 2.75) is 4.90 Å². The van der Waals surface area contributed by atoms with E-state index in [1.807, 2.05) is 36.4 Å². The highest BCUT2D eigenvalue weighted by Gasteiger charge is 2.20. The van der Waals surface area contributed by atoms with E-state index in [0.29, 0.717) is 43.1 Å². The maximum atomic E-state index is 12.8. The Morgan fingerprint density at radius 1 is 0.844 bits per heavy atom. The van der Waals surface area contributed by atoms with Crippen molar-refractivity contribution in [3.63, 3.8) is 0 Å². The van der Waals surface area contributed by atoms with Crippen LogP contribution in [0.4, 0.5) is 5.69 Å². The Kier molecular flexibility index (Phi) is 6.55. The van der Waals surface area contributed by atoms with Crippen LogP contribution in [0.5, 0.6) is 0 Å². The summed E-state index contributed by atoms with van der Waals surface area (Å²) >= 11 is 0. The number of anilines is 1. The van der Waals surface area contributed by atoms with E-state index in [9.17, 15) is 13.2 Å². The van der Waals surface area contributed by atoms with E-state index in [-0.39, 0.29) is 10.8 Å². The van der Waals surface area contributed by atoms with E-state index in [1.165, 1.54) is 24.3 Å². The summed E-state index contributed by atoms with van der Waals surface area (Å²) in [6.45, 7) is 2.09. The van der Waals surface area contributed by atoms with Crippen molar-refractivity contribution in [2.75, 3.05) is 31.0 Å². The number of morpholine rings is 1. The highest BCUT2D eigenvalue weighted by Crippen LogP contribution is 2.18. The monoisotopic (exact) mass is 446 g/mol. The molecule has 0 aliphatic carbocycles. The molecule has 162 valence electrons. The topological polar surface area (TPSA) is 75.7 Å². The number of hydrogen-bond acceptors (Lipinski definition) is 4. The Balaban J connectivity index is 1.47. The number of amides is 1. The fourth-order valence-corrected chi connectivity index (χ4v) is 4.32. The Morgan fingerprint density at radius 3 is 2.22 bits per heavy atom. The molecule has 0 spiro atoms. The number of nitrogens with zero attached hydrogens (tertiary/aromatic N) is 1. The molecule has 3 aromatic carbocycles. The number of carbonyl (C=O) groups is 1. The first-order valence-electron chi connectivity index (χ1n) is 10.2. The SMILES string of the molecule is O=C(c1ccc(S(=O)(=O)Nc2cccc(C#Cc3ccccc3)c2)cc1)N1CCOCC1. The second kappa shape index (κ2) is 9.69. The number of carbonyl (C=O) groups excluding carboxylic acids is 1. The van der Waals surface area contributed by atoms with Crippen LogP contribution >= 0.6 is 0 Å². The van der Waals surface area contributed by atoms with E-state index in [2.05, 4.69) is 16.6 Å².